The van der Waals surface area contributed by atoms with Crippen molar-refractivity contribution in [2.45, 2.75) is 45.4 Å². The Kier molecular flexibility index (Phi) is 8.32. The zero-order valence-electron chi connectivity index (χ0n) is 12.8. The molecule has 22 heavy (non-hydrogen) atoms. The molecular formula is C15H26N2O5. The van der Waals surface area contributed by atoms with Gasteiger partial charge in [-0.15, -0.1) is 0 Å². The first-order valence-corrected chi connectivity index (χ1v) is 7.41. The molecule has 1 aromatic carbocycles. The summed E-state index contributed by atoms with van der Waals surface area (Å²) in [5.41, 5.74) is 2.42. The molecule has 0 fully saturated rings. The molecule has 0 heterocycles. The Labute approximate surface area is 130 Å². The van der Waals surface area contributed by atoms with Crippen LogP contribution >= 0.6 is 0 Å². The minimum Gasteiger partial charge on any atom is -0.507 e. The largest absolute Gasteiger partial charge is 0.507 e. The van der Waals surface area contributed by atoms with Gasteiger partial charge in [-0.25, -0.2) is 0 Å². The molecule has 7 heteroatoms. The summed E-state index contributed by atoms with van der Waals surface area (Å²) in [4.78, 5) is 0. The summed E-state index contributed by atoms with van der Waals surface area (Å²) < 4.78 is 0. The maximum atomic E-state index is 10.3. The van der Waals surface area contributed by atoms with Crippen LogP contribution in [0.4, 0.5) is 0 Å². The van der Waals surface area contributed by atoms with Gasteiger partial charge in [0.05, 0.1) is 0 Å². The molecule has 0 aliphatic heterocycles. The quantitative estimate of drug-likeness (QED) is 0.280. The van der Waals surface area contributed by atoms with Gasteiger partial charge in [0.15, 0.2) is 12.6 Å². The van der Waals surface area contributed by atoms with Gasteiger partial charge >= 0.3 is 0 Å². The van der Waals surface area contributed by atoms with Crippen molar-refractivity contribution >= 4 is 0 Å². The summed E-state index contributed by atoms with van der Waals surface area (Å²) in [5, 5.41) is 51.3. The van der Waals surface area contributed by atoms with E-state index in [0.717, 1.165) is 18.4 Å². The second-order valence-electron chi connectivity index (χ2n) is 5.24. The number of aliphatic hydroxyl groups is 4. The van der Waals surface area contributed by atoms with Crippen molar-refractivity contribution in [1.29, 1.82) is 0 Å². The highest BCUT2D eigenvalue weighted by atomic mass is 16.5. The average molecular weight is 314 g/mol. The lowest BCUT2D eigenvalue weighted by Gasteiger charge is -2.15. The van der Waals surface area contributed by atoms with Crippen LogP contribution in [0.3, 0.4) is 0 Å². The van der Waals surface area contributed by atoms with Gasteiger partial charge < -0.3 is 36.2 Å². The molecule has 126 valence electrons. The number of nitrogens with one attached hydrogen (secondary N) is 2. The Morgan fingerprint density at radius 3 is 1.73 bits per heavy atom. The fourth-order valence-corrected chi connectivity index (χ4v) is 2.21. The SMILES string of the molecule is CCCc1cc(CNCC(O)O)c(O)c(CNCC(O)O)c1. The van der Waals surface area contributed by atoms with Gasteiger partial charge in [0, 0.05) is 37.3 Å². The Balaban J connectivity index is 2.82. The van der Waals surface area contributed by atoms with Gasteiger partial charge in [0.2, 0.25) is 0 Å². The average Bonchev–Trinajstić information content (AvgIpc) is 2.42. The van der Waals surface area contributed by atoms with E-state index in [2.05, 4.69) is 17.6 Å². The third kappa shape index (κ3) is 6.69. The van der Waals surface area contributed by atoms with Crippen molar-refractivity contribution in [3.8, 4) is 5.75 Å². The molecule has 7 nitrogen and oxygen atoms in total. The van der Waals surface area contributed by atoms with Gasteiger partial charge in [-0.1, -0.05) is 25.5 Å². The van der Waals surface area contributed by atoms with Gasteiger partial charge in [-0.2, -0.15) is 0 Å². The standard InChI is InChI=1S/C15H26N2O5/c1-2-3-10-4-11(6-16-8-13(18)19)15(22)12(5-10)7-17-9-14(20)21/h4-5,13-14,16-22H,2-3,6-9H2,1H3. The summed E-state index contributed by atoms with van der Waals surface area (Å²) in [6, 6.07) is 3.78. The highest BCUT2D eigenvalue weighted by Gasteiger charge is 2.11. The first kappa shape index (κ1) is 18.8. The van der Waals surface area contributed by atoms with Crippen molar-refractivity contribution < 1.29 is 25.5 Å². The van der Waals surface area contributed by atoms with Crippen molar-refractivity contribution in [2.24, 2.45) is 0 Å². The van der Waals surface area contributed by atoms with Crippen molar-refractivity contribution in [3.05, 3.63) is 28.8 Å². The van der Waals surface area contributed by atoms with Gasteiger partial charge in [0.1, 0.15) is 5.75 Å². The number of phenols is 1. The number of aromatic hydroxyl groups is 1. The minimum absolute atomic E-state index is 0.0156. The van der Waals surface area contributed by atoms with E-state index in [1.807, 2.05) is 12.1 Å². The molecule has 0 saturated heterocycles. The summed E-state index contributed by atoms with van der Waals surface area (Å²) in [6.07, 6.45) is -1.04. The van der Waals surface area contributed by atoms with Gasteiger partial charge in [0.25, 0.3) is 0 Å². The van der Waals surface area contributed by atoms with Gasteiger partial charge in [-0.3, -0.25) is 0 Å². The predicted molar refractivity (Wildman–Crippen MR) is 82.0 cm³/mol. The lowest BCUT2D eigenvalue weighted by Crippen LogP contribution is -2.27. The van der Waals surface area contributed by atoms with Crippen LogP contribution in [0.25, 0.3) is 0 Å². The zero-order chi connectivity index (χ0) is 16.5. The molecule has 0 atom stereocenters. The number of rotatable bonds is 10. The molecule has 1 rings (SSSR count). The van der Waals surface area contributed by atoms with Crippen molar-refractivity contribution in [1.82, 2.24) is 10.6 Å². The van der Waals surface area contributed by atoms with Crippen LogP contribution in [0.15, 0.2) is 12.1 Å². The van der Waals surface area contributed by atoms with E-state index in [0.29, 0.717) is 24.2 Å². The number of aryl methyl sites for hydroxylation is 1. The Morgan fingerprint density at radius 1 is 0.909 bits per heavy atom. The van der Waals surface area contributed by atoms with Crippen molar-refractivity contribution in [2.75, 3.05) is 13.1 Å². The smallest absolute Gasteiger partial charge is 0.164 e. The molecule has 0 spiro atoms. The van der Waals surface area contributed by atoms with E-state index in [9.17, 15) is 5.11 Å². The second-order valence-corrected chi connectivity index (χ2v) is 5.24. The number of hydrogen-bond donors (Lipinski definition) is 7. The molecule has 7 N–H and O–H groups in total. The monoisotopic (exact) mass is 314 g/mol. The first-order chi connectivity index (χ1) is 10.4. The molecule has 1 aromatic rings. The van der Waals surface area contributed by atoms with Crippen LogP contribution in [0, 0.1) is 0 Å². The Morgan fingerprint density at radius 2 is 1.36 bits per heavy atom. The minimum atomic E-state index is -1.44. The van der Waals surface area contributed by atoms with E-state index in [1.54, 1.807) is 0 Å². The Bertz CT molecular complexity index is 417. The van der Waals surface area contributed by atoms with Crippen LogP contribution in [-0.2, 0) is 19.5 Å². The lowest BCUT2D eigenvalue weighted by molar-refractivity contribution is -0.0379. The highest BCUT2D eigenvalue weighted by Crippen LogP contribution is 2.25. The van der Waals surface area contributed by atoms with Gasteiger partial charge in [-0.05, 0) is 12.0 Å². The first-order valence-electron chi connectivity index (χ1n) is 7.41. The van der Waals surface area contributed by atoms with Crippen molar-refractivity contribution in [3.63, 3.8) is 0 Å². The number of aliphatic hydroxyl groups excluding tert-OH is 2. The van der Waals surface area contributed by atoms with E-state index in [1.165, 1.54) is 0 Å². The summed E-state index contributed by atoms with van der Waals surface area (Å²) in [5.74, 6) is 0.125. The Hall–Kier alpha value is -1.22. The van der Waals surface area contributed by atoms with Crippen LogP contribution in [0.1, 0.15) is 30.0 Å². The number of phenolic OH excluding ortho intramolecular Hbond substituents is 1. The third-order valence-electron chi connectivity index (χ3n) is 3.15. The lowest BCUT2D eigenvalue weighted by atomic mass is 10.0. The molecule has 0 aliphatic carbocycles. The highest BCUT2D eigenvalue weighted by molar-refractivity contribution is 5.44. The normalized spacial score (nSPS) is 11.6. The molecule has 0 aromatic heterocycles. The third-order valence-corrected chi connectivity index (χ3v) is 3.15. The topological polar surface area (TPSA) is 125 Å². The fraction of sp³-hybridized carbons (Fsp3) is 0.600. The second kappa shape index (κ2) is 9.73. The molecule has 0 aliphatic rings. The molecule has 0 bridgehead atoms. The maximum absolute atomic E-state index is 10.3. The van der Waals surface area contributed by atoms with Crippen LogP contribution < -0.4 is 10.6 Å². The summed E-state index contributed by atoms with van der Waals surface area (Å²) in [7, 11) is 0. The van der Waals surface area contributed by atoms with E-state index >= 15 is 0 Å². The molecule has 0 amide bonds. The summed E-state index contributed by atoms with van der Waals surface area (Å²) >= 11 is 0. The fourth-order valence-electron chi connectivity index (χ4n) is 2.21. The number of hydrogen-bond acceptors (Lipinski definition) is 7. The van der Waals surface area contributed by atoms with Crippen LogP contribution in [0.2, 0.25) is 0 Å². The van der Waals surface area contributed by atoms with E-state index in [-0.39, 0.29) is 18.8 Å². The zero-order valence-corrected chi connectivity index (χ0v) is 12.8. The summed E-state index contributed by atoms with van der Waals surface area (Å²) in [6.45, 7) is 2.73. The molecule has 0 unspecified atom stereocenters. The van der Waals surface area contributed by atoms with E-state index < -0.39 is 12.6 Å². The number of benzene rings is 1. The molecular weight excluding hydrogens is 288 g/mol. The maximum Gasteiger partial charge on any atom is 0.164 e. The van der Waals surface area contributed by atoms with E-state index in [4.69, 9.17) is 20.4 Å². The van der Waals surface area contributed by atoms with Crippen LogP contribution in [0.5, 0.6) is 5.75 Å². The predicted octanol–water partition coefficient (Wildman–Crippen LogP) is -0.855. The molecule has 0 saturated carbocycles. The molecule has 0 radical (unpaired) electrons. The van der Waals surface area contributed by atoms with Crippen LogP contribution in [-0.4, -0.2) is 51.2 Å².